The van der Waals surface area contributed by atoms with E-state index in [1.807, 2.05) is 18.2 Å². The van der Waals surface area contributed by atoms with E-state index in [1.54, 1.807) is 4.90 Å². The summed E-state index contributed by atoms with van der Waals surface area (Å²) in [6.45, 7) is 4.91. The average molecular weight is 399 g/mol. The molecular formula is C22H29N3O4. The highest BCUT2D eigenvalue weighted by Crippen LogP contribution is 2.32. The number of hydrogen-bond donors (Lipinski definition) is 3. The monoisotopic (exact) mass is 399 g/mol. The third-order valence-corrected chi connectivity index (χ3v) is 6.12. The van der Waals surface area contributed by atoms with Gasteiger partial charge in [0.05, 0.1) is 6.61 Å². The van der Waals surface area contributed by atoms with Gasteiger partial charge in [-0.2, -0.15) is 0 Å². The zero-order valence-corrected chi connectivity index (χ0v) is 16.7. The van der Waals surface area contributed by atoms with Gasteiger partial charge < -0.3 is 25.4 Å². The van der Waals surface area contributed by atoms with Crippen molar-refractivity contribution in [2.24, 2.45) is 0 Å². The first-order chi connectivity index (χ1) is 14.1. The van der Waals surface area contributed by atoms with Crippen molar-refractivity contribution < 1.29 is 19.4 Å². The summed E-state index contributed by atoms with van der Waals surface area (Å²) in [5.74, 6) is 0.501. The predicted molar refractivity (Wildman–Crippen MR) is 108 cm³/mol. The number of nitrogens with zero attached hydrogens (tertiary/aromatic N) is 1. The zero-order valence-electron chi connectivity index (χ0n) is 16.7. The Hall–Kier alpha value is -2.38. The lowest BCUT2D eigenvalue weighted by atomic mass is 9.92. The molecule has 0 spiro atoms. The largest absolute Gasteiger partial charge is 0.489 e. The van der Waals surface area contributed by atoms with E-state index in [2.05, 4.69) is 17.2 Å². The lowest BCUT2D eigenvalue weighted by molar-refractivity contribution is -0.126. The van der Waals surface area contributed by atoms with Crippen molar-refractivity contribution in [1.82, 2.24) is 15.5 Å². The Morgan fingerprint density at radius 2 is 2.07 bits per heavy atom. The summed E-state index contributed by atoms with van der Waals surface area (Å²) in [6, 6.07) is 5.37. The average Bonchev–Trinajstić information content (AvgIpc) is 3.03. The van der Waals surface area contributed by atoms with Gasteiger partial charge >= 0.3 is 0 Å². The molecule has 2 amide bonds. The van der Waals surface area contributed by atoms with Crippen molar-refractivity contribution >= 4 is 11.8 Å². The van der Waals surface area contributed by atoms with Gasteiger partial charge in [0.25, 0.3) is 5.91 Å². The number of nitrogens with one attached hydrogen (secondary N) is 2. The first-order valence-corrected chi connectivity index (χ1v) is 10.5. The van der Waals surface area contributed by atoms with E-state index in [4.69, 9.17) is 9.84 Å². The van der Waals surface area contributed by atoms with E-state index in [-0.39, 0.29) is 30.6 Å². The lowest BCUT2D eigenvalue weighted by Gasteiger charge is -2.32. The molecule has 2 heterocycles. The van der Waals surface area contributed by atoms with Crippen molar-refractivity contribution in [2.75, 3.05) is 13.2 Å². The van der Waals surface area contributed by atoms with Crippen LogP contribution in [0.25, 0.3) is 0 Å². The Morgan fingerprint density at radius 3 is 2.86 bits per heavy atom. The van der Waals surface area contributed by atoms with Gasteiger partial charge in [-0.25, -0.2) is 0 Å². The van der Waals surface area contributed by atoms with Crippen LogP contribution in [-0.4, -0.2) is 53.2 Å². The third-order valence-electron chi connectivity index (χ3n) is 6.12. The fourth-order valence-electron chi connectivity index (χ4n) is 4.60. The number of allylic oxidation sites excluding steroid dienone is 1. The van der Waals surface area contributed by atoms with Crippen LogP contribution in [0.4, 0.5) is 0 Å². The highest BCUT2D eigenvalue weighted by Gasteiger charge is 2.38. The van der Waals surface area contributed by atoms with Crippen molar-refractivity contribution in [1.29, 1.82) is 0 Å². The SMILES string of the molecule is C=C1CCC(N2Cc3cc(O[C@H]4CCCC[C@@H]4NCCO)ccc3C2=O)C(=O)N1. The molecule has 0 radical (unpaired) electrons. The van der Waals surface area contributed by atoms with Crippen LogP contribution in [0.2, 0.25) is 0 Å². The van der Waals surface area contributed by atoms with E-state index in [9.17, 15) is 9.59 Å². The maximum atomic E-state index is 12.8. The standard InChI is InChI=1S/C22H29N3O4/c1-14-6-9-19(21(27)24-14)25-13-15-12-16(7-8-17(15)22(25)28)29-20-5-3-2-4-18(20)23-10-11-26/h7-8,12,18-20,23,26H,1-6,9-11,13H2,(H,24,27)/t18-,19?,20-/m0/s1. The molecule has 7 heteroatoms. The fraction of sp³-hybridized carbons (Fsp3) is 0.545. The Kier molecular flexibility index (Phi) is 5.87. The maximum absolute atomic E-state index is 12.8. The number of aliphatic hydroxyl groups is 1. The van der Waals surface area contributed by atoms with Crippen LogP contribution in [0, 0.1) is 0 Å². The van der Waals surface area contributed by atoms with Crippen molar-refractivity contribution in [2.45, 2.75) is 63.3 Å². The van der Waals surface area contributed by atoms with Crippen LogP contribution in [0.1, 0.15) is 54.4 Å². The van der Waals surface area contributed by atoms with E-state index in [0.717, 1.165) is 37.0 Å². The predicted octanol–water partition coefficient (Wildman–Crippen LogP) is 1.71. The number of aliphatic hydroxyl groups excluding tert-OH is 1. The topological polar surface area (TPSA) is 90.9 Å². The van der Waals surface area contributed by atoms with Crippen LogP contribution in [-0.2, 0) is 11.3 Å². The molecular weight excluding hydrogens is 370 g/mol. The van der Waals surface area contributed by atoms with Crippen molar-refractivity contribution in [3.63, 3.8) is 0 Å². The number of benzene rings is 1. The molecule has 0 bridgehead atoms. The van der Waals surface area contributed by atoms with Crippen LogP contribution >= 0.6 is 0 Å². The first-order valence-electron chi connectivity index (χ1n) is 10.5. The van der Waals surface area contributed by atoms with Gasteiger partial charge in [0.2, 0.25) is 5.91 Å². The van der Waals surface area contributed by atoms with E-state index in [0.29, 0.717) is 37.2 Å². The van der Waals surface area contributed by atoms with Gasteiger partial charge in [0.1, 0.15) is 17.9 Å². The summed E-state index contributed by atoms with van der Waals surface area (Å²) in [7, 11) is 0. The Bertz CT molecular complexity index is 809. The van der Waals surface area contributed by atoms with Gasteiger partial charge in [-0.3, -0.25) is 9.59 Å². The first kappa shape index (κ1) is 19.9. The molecule has 2 aliphatic heterocycles. The second-order valence-electron chi connectivity index (χ2n) is 8.12. The Balaban J connectivity index is 1.46. The third kappa shape index (κ3) is 4.16. The lowest BCUT2D eigenvalue weighted by Crippen LogP contribution is -2.49. The molecule has 3 aliphatic rings. The second-order valence-corrected chi connectivity index (χ2v) is 8.12. The van der Waals surface area contributed by atoms with Gasteiger partial charge in [0, 0.05) is 30.4 Å². The summed E-state index contributed by atoms with van der Waals surface area (Å²) in [5.41, 5.74) is 2.26. The van der Waals surface area contributed by atoms with E-state index < -0.39 is 6.04 Å². The fourth-order valence-corrected chi connectivity index (χ4v) is 4.60. The minimum absolute atomic E-state index is 0.0525. The number of rotatable bonds is 6. The molecule has 0 aromatic heterocycles. The normalized spacial score (nSPS) is 27.0. The van der Waals surface area contributed by atoms with Crippen LogP contribution in [0.5, 0.6) is 5.75 Å². The molecule has 1 aromatic rings. The number of piperidine rings is 1. The highest BCUT2D eigenvalue weighted by atomic mass is 16.5. The van der Waals surface area contributed by atoms with E-state index in [1.165, 1.54) is 0 Å². The second kappa shape index (κ2) is 8.55. The molecule has 3 N–H and O–H groups in total. The van der Waals surface area contributed by atoms with Gasteiger partial charge in [-0.15, -0.1) is 0 Å². The van der Waals surface area contributed by atoms with Gasteiger partial charge in [0.15, 0.2) is 0 Å². The summed E-state index contributed by atoms with van der Waals surface area (Å²) in [5, 5.41) is 15.2. The minimum atomic E-state index is -0.449. The number of amides is 2. The van der Waals surface area contributed by atoms with Gasteiger partial charge in [-0.05, 0) is 55.9 Å². The summed E-state index contributed by atoms with van der Waals surface area (Å²) in [6.07, 6.45) is 5.63. The maximum Gasteiger partial charge on any atom is 0.255 e. The molecule has 2 fully saturated rings. The highest BCUT2D eigenvalue weighted by molar-refractivity contribution is 6.01. The molecule has 1 saturated carbocycles. The summed E-state index contributed by atoms with van der Waals surface area (Å²) >= 11 is 0. The molecule has 1 unspecified atom stereocenters. The summed E-state index contributed by atoms with van der Waals surface area (Å²) < 4.78 is 6.28. The Morgan fingerprint density at radius 1 is 1.24 bits per heavy atom. The molecule has 156 valence electrons. The molecule has 3 atom stereocenters. The van der Waals surface area contributed by atoms with Crippen molar-refractivity contribution in [3.8, 4) is 5.75 Å². The molecule has 1 saturated heterocycles. The minimum Gasteiger partial charge on any atom is -0.489 e. The van der Waals surface area contributed by atoms with Crippen LogP contribution < -0.4 is 15.4 Å². The molecule has 7 nitrogen and oxygen atoms in total. The zero-order chi connectivity index (χ0) is 20.4. The van der Waals surface area contributed by atoms with Gasteiger partial charge in [-0.1, -0.05) is 13.0 Å². The number of ether oxygens (including phenoxy) is 1. The van der Waals surface area contributed by atoms with Crippen LogP contribution in [0.15, 0.2) is 30.5 Å². The van der Waals surface area contributed by atoms with Crippen molar-refractivity contribution in [3.05, 3.63) is 41.6 Å². The van der Waals surface area contributed by atoms with Crippen LogP contribution in [0.3, 0.4) is 0 Å². The Labute approximate surface area is 171 Å². The molecule has 1 aromatic carbocycles. The number of carbonyl (C=O) groups excluding carboxylic acids is 2. The number of hydrogen-bond acceptors (Lipinski definition) is 5. The molecule has 1 aliphatic carbocycles. The van der Waals surface area contributed by atoms with E-state index >= 15 is 0 Å². The smallest absolute Gasteiger partial charge is 0.255 e. The number of fused-ring (bicyclic) bond motifs is 1. The quantitative estimate of drug-likeness (QED) is 0.677. The molecule has 29 heavy (non-hydrogen) atoms. The molecule has 4 rings (SSSR count). The number of carbonyl (C=O) groups is 2. The summed E-state index contributed by atoms with van der Waals surface area (Å²) in [4.78, 5) is 26.8.